The van der Waals surface area contributed by atoms with E-state index in [1.165, 1.54) is 0 Å². The van der Waals surface area contributed by atoms with E-state index in [1.54, 1.807) is 30.3 Å². The first-order valence-corrected chi connectivity index (χ1v) is 7.71. The molecule has 0 saturated heterocycles. The van der Waals surface area contributed by atoms with Crippen molar-refractivity contribution in [3.05, 3.63) is 66.2 Å². The zero-order chi connectivity index (χ0) is 16.9. The zero-order valence-electron chi connectivity index (χ0n) is 13.5. The molecular weight excluding hydrogens is 306 g/mol. The van der Waals surface area contributed by atoms with E-state index in [9.17, 15) is 4.79 Å². The molecular formula is C19H19NO4. The van der Waals surface area contributed by atoms with Crippen molar-refractivity contribution in [3.63, 3.8) is 0 Å². The van der Waals surface area contributed by atoms with Gasteiger partial charge in [-0.05, 0) is 48.9 Å². The minimum atomic E-state index is -0.149. The van der Waals surface area contributed by atoms with E-state index < -0.39 is 0 Å². The molecule has 0 fully saturated rings. The molecule has 0 spiro atoms. The van der Waals surface area contributed by atoms with Crippen molar-refractivity contribution in [2.75, 3.05) is 13.4 Å². The van der Waals surface area contributed by atoms with Crippen LogP contribution >= 0.6 is 0 Å². The van der Waals surface area contributed by atoms with E-state index in [0.29, 0.717) is 23.7 Å². The maximum atomic E-state index is 12.4. The van der Waals surface area contributed by atoms with Crippen LogP contribution in [0.2, 0.25) is 0 Å². The average molecular weight is 325 g/mol. The van der Waals surface area contributed by atoms with E-state index in [2.05, 4.69) is 11.9 Å². The van der Waals surface area contributed by atoms with Crippen LogP contribution in [0.25, 0.3) is 0 Å². The monoisotopic (exact) mass is 325 g/mol. The van der Waals surface area contributed by atoms with Crippen molar-refractivity contribution in [2.24, 2.45) is 0 Å². The Bertz CT molecular complexity index is 740. The van der Waals surface area contributed by atoms with E-state index in [4.69, 9.17) is 14.2 Å². The quantitative estimate of drug-likeness (QED) is 0.826. The van der Waals surface area contributed by atoms with E-state index in [0.717, 1.165) is 11.3 Å². The molecule has 1 heterocycles. The molecule has 0 radical (unpaired) electrons. The minimum absolute atomic E-state index is 0.143. The molecule has 0 bridgehead atoms. The molecule has 0 aliphatic carbocycles. The summed E-state index contributed by atoms with van der Waals surface area (Å²) in [5.74, 6) is 2.00. The van der Waals surface area contributed by atoms with Crippen molar-refractivity contribution >= 4 is 5.91 Å². The molecule has 2 aromatic carbocycles. The van der Waals surface area contributed by atoms with Crippen molar-refractivity contribution in [3.8, 4) is 17.2 Å². The summed E-state index contributed by atoms with van der Waals surface area (Å²) in [6.45, 7) is 6.20. The number of carbonyl (C=O) groups is 1. The summed E-state index contributed by atoms with van der Waals surface area (Å²) in [4.78, 5) is 12.4. The first-order valence-electron chi connectivity index (χ1n) is 7.71. The summed E-state index contributed by atoms with van der Waals surface area (Å²) in [7, 11) is 0. The molecule has 0 aromatic heterocycles. The van der Waals surface area contributed by atoms with Gasteiger partial charge in [0.05, 0.1) is 6.04 Å². The second-order valence-corrected chi connectivity index (χ2v) is 5.43. The van der Waals surface area contributed by atoms with Crippen LogP contribution in [-0.2, 0) is 0 Å². The average Bonchev–Trinajstić information content (AvgIpc) is 3.08. The van der Waals surface area contributed by atoms with E-state index in [-0.39, 0.29) is 18.7 Å². The summed E-state index contributed by atoms with van der Waals surface area (Å²) >= 11 is 0. The molecule has 5 nitrogen and oxygen atoms in total. The van der Waals surface area contributed by atoms with Crippen molar-refractivity contribution in [2.45, 2.75) is 13.0 Å². The summed E-state index contributed by atoms with van der Waals surface area (Å²) in [5.41, 5.74) is 1.53. The first-order chi connectivity index (χ1) is 11.7. The predicted molar refractivity (Wildman–Crippen MR) is 90.6 cm³/mol. The number of rotatable bonds is 6. The van der Waals surface area contributed by atoms with Gasteiger partial charge >= 0.3 is 0 Å². The van der Waals surface area contributed by atoms with Crippen LogP contribution in [0, 0.1) is 0 Å². The normalized spacial score (nSPS) is 13.2. The number of carbonyl (C=O) groups excluding carboxylic acids is 1. The van der Waals surface area contributed by atoms with Gasteiger partial charge < -0.3 is 19.5 Å². The second kappa shape index (κ2) is 7.08. The van der Waals surface area contributed by atoms with Gasteiger partial charge in [0.15, 0.2) is 11.5 Å². The third kappa shape index (κ3) is 3.51. The molecule has 1 amide bonds. The molecule has 1 aliphatic rings. The molecule has 1 unspecified atom stereocenters. The lowest BCUT2D eigenvalue weighted by Crippen LogP contribution is -2.26. The summed E-state index contributed by atoms with van der Waals surface area (Å²) < 4.78 is 16.1. The lowest BCUT2D eigenvalue weighted by Gasteiger charge is -2.15. The Labute approximate surface area is 140 Å². The molecule has 124 valence electrons. The molecule has 1 atom stereocenters. The highest BCUT2D eigenvalue weighted by molar-refractivity contribution is 5.94. The van der Waals surface area contributed by atoms with Gasteiger partial charge in [-0.2, -0.15) is 0 Å². The van der Waals surface area contributed by atoms with Crippen LogP contribution in [-0.4, -0.2) is 19.3 Å². The van der Waals surface area contributed by atoms with Crippen molar-refractivity contribution in [1.29, 1.82) is 0 Å². The number of ether oxygens (including phenoxy) is 3. The molecule has 24 heavy (non-hydrogen) atoms. The number of nitrogens with one attached hydrogen (secondary N) is 1. The highest BCUT2D eigenvalue weighted by Crippen LogP contribution is 2.34. The molecule has 0 saturated carbocycles. The SMILES string of the molecule is C=CCOc1ccc(C(=O)NC(C)c2ccc3c(c2)OCO3)cc1. The fourth-order valence-corrected chi connectivity index (χ4v) is 2.40. The maximum Gasteiger partial charge on any atom is 0.251 e. The van der Waals surface area contributed by atoms with Gasteiger partial charge in [-0.1, -0.05) is 18.7 Å². The van der Waals surface area contributed by atoms with Gasteiger partial charge in [0.25, 0.3) is 5.91 Å². The van der Waals surface area contributed by atoms with Crippen LogP contribution in [0.15, 0.2) is 55.1 Å². The number of benzene rings is 2. The van der Waals surface area contributed by atoms with E-state index >= 15 is 0 Å². The van der Waals surface area contributed by atoms with Crippen LogP contribution in [0.3, 0.4) is 0 Å². The minimum Gasteiger partial charge on any atom is -0.490 e. The van der Waals surface area contributed by atoms with Gasteiger partial charge in [0.2, 0.25) is 6.79 Å². The largest absolute Gasteiger partial charge is 0.490 e. The third-order valence-electron chi connectivity index (χ3n) is 3.73. The Morgan fingerprint density at radius 3 is 2.75 bits per heavy atom. The van der Waals surface area contributed by atoms with Gasteiger partial charge in [-0.3, -0.25) is 4.79 Å². The fourth-order valence-electron chi connectivity index (χ4n) is 2.40. The van der Waals surface area contributed by atoms with Crippen LogP contribution in [0.1, 0.15) is 28.9 Å². The summed E-state index contributed by atoms with van der Waals surface area (Å²) in [6.07, 6.45) is 1.67. The smallest absolute Gasteiger partial charge is 0.251 e. The van der Waals surface area contributed by atoms with Crippen molar-refractivity contribution in [1.82, 2.24) is 5.32 Å². The van der Waals surface area contributed by atoms with Gasteiger partial charge in [-0.15, -0.1) is 0 Å². The van der Waals surface area contributed by atoms with Gasteiger partial charge in [0, 0.05) is 5.56 Å². The summed E-state index contributed by atoms with van der Waals surface area (Å²) in [5, 5.41) is 2.97. The predicted octanol–water partition coefficient (Wildman–Crippen LogP) is 3.47. The second-order valence-electron chi connectivity index (χ2n) is 5.43. The molecule has 1 N–H and O–H groups in total. The number of fused-ring (bicyclic) bond motifs is 1. The topological polar surface area (TPSA) is 56.8 Å². The molecule has 1 aliphatic heterocycles. The zero-order valence-corrected chi connectivity index (χ0v) is 13.5. The van der Waals surface area contributed by atoms with Gasteiger partial charge in [0.1, 0.15) is 12.4 Å². The Hall–Kier alpha value is -2.95. The van der Waals surface area contributed by atoms with E-state index in [1.807, 2.05) is 25.1 Å². The standard InChI is InChI=1S/C19H19NO4/c1-3-10-22-16-7-4-14(5-8-16)19(21)20-13(2)15-6-9-17-18(11-15)24-12-23-17/h3-9,11,13H,1,10,12H2,2H3,(H,20,21). The first kappa shape index (κ1) is 15.9. The van der Waals surface area contributed by atoms with Crippen LogP contribution in [0.5, 0.6) is 17.2 Å². The van der Waals surface area contributed by atoms with Crippen LogP contribution in [0.4, 0.5) is 0 Å². The lowest BCUT2D eigenvalue weighted by atomic mass is 10.1. The lowest BCUT2D eigenvalue weighted by molar-refractivity contribution is 0.0939. The molecule has 5 heteroatoms. The number of hydrogen-bond acceptors (Lipinski definition) is 4. The highest BCUT2D eigenvalue weighted by Gasteiger charge is 2.17. The third-order valence-corrected chi connectivity index (χ3v) is 3.73. The number of amides is 1. The summed E-state index contributed by atoms with van der Waals surface area (Å²) in [6, 6.07) is 12.5. The Kier molecular flexibility index (Phi) is 4.70. The Balaban J connectivity index is 1.64. The Morgan fingerprint density at radius 2 is 2.00 bits per heavy atom. The molecule has 2 aromatic rings. The highest BCUT2D eigenvalue weighted by atomic mass is 16.7. The molecule has 3 rings (SSSR count). The Morgan fingerprint density at radius 1 is 1.25 bits per heavy atom. The van der Waals surface area contributed by atoms with Crippen LogP contribution < -0.4 is 19.5 Å². The number of hydrogen-bond donors (Lipinski definition) is 1. The fraction of sp³-hybridized carbons (Fsp3) is 0.211. The van der Waals surface area contributed by atoms with Gasteiger partial charge in [-0.25, -0.2) is 0 Å². The maximum absolute atomic E-state index is 12.4. The van der Waals surface area contributed by atoms with Crippen molar-refractivity contribution < 1.29 is 19.0 Å².